The summed E-state index contributed by atoms with van der Waals surface area (Å²) in [6.45, 7) is 2.46. The number of benzene rings is 1. The quantitative estimate of drug-likeness (QED) is 0.637. The highest BCUT2D eigenvalue weighted by Gasteiger charge is 2.30. The molecule has 1 saturated carbocycles. The summed E-state index contributed by atoms with van der Waals surface area (Å²) in [7, 11) is 0. The van der Waals surface area contributed by atoms with Gasteiger partial charge in [0.1, 0.15) is 0 Å². The fourth-order valence-corrected chi connectivity index (χ4v) is 4.12. The van der Waals surface area contributed by atoms with E-state index in [1.807, 2.05) is 11.3 Å². The third-order valence-corrected chi connectivity index (χ3v) is 5.40. The van der Waals surface area contributed by atoms with Gasteiger partial charge in [-0.2, -0.15) is 0 Å². The van der Waals surface area contributed by atoms with E-state index in [9.17, 15) is 0 Å². The molecule has 1 aliphatic rings. The van der Waals surface area contributed by atoms with Gasteiger partial charge in [-0.3, -0.25) is 0 Å². The molecule has 3 rings (SSSR count). The number of hydrogen-bond donors (Lipinski definition) is 0. The number of rotatable bonds is 1. The standard InChI is InChI=1S/C15H18S/c1-15(9-5-2-6-10-15)14-11-12-7-3-4-8-13(12)16-14/h3-4,7-8,11H,2,5-6,9-10H2,1H3. The summed E-state index contributed by atoms with van der Waals surface area (Å²) >= 11 is 2.00. The van der Waals surface area contributed by atoms with Gasteiger partial charge in [-0.05, 0) is 30.4 Å². The fourth-order valence-electron chi connectivity index (χ4n) is 2.86. The topological polar surface area (TPSA) is 0 Å². The van der Waals surface area contributed by atoms with Crippen LogP contribution in [0.2, 0.25) is 0 Å². The summed E-state index contributed by atoms with van der Waals surface area (Å²) in [5.74, 6) is 0. The Morgan fingerprint density at radius 2 is 1.81 bits per heavy atom. The first kappa shape index (κ1) is 10.3. The van der Waals surface area contributed by atoms with Crippen LogP contribution in [0.1, 0.15) is 43.9 Å². The monoisotopic (exact) mass is 230 g/mol. The molecule has 84 valence electrons. The van der Waals surface area contributed by atoms with Crippen LogP contribution in [0.15, 0.2) is 30.3 Å². The van der Waals surface area contributed by atoms with Crippen molar-refractivity contribution in [3.8, 4) is 0 Å². The highest BCUT2D eigenvalue weighted by molar-refractivity contribution is 7.19. The average molecular weight is 230 g/mol. The van der Waals surface area contributed by atoms with Crippen LogP contribution in [-0.4, -0.2) is 0 Å². The van der Waals surface area contributed by atoms with E-state index in [1.54, 1.807) is 4.88 Å². The number of fused-ring (bicyclic) bond motifs is 1. The molecule has 0 unspecified atom stereocenters. The summed E-state index contributed by atoms with van der Waals surface area (Å²) in [4.78, 5) is 1.61. The van der Waals surface area contributed by atoms with Gasteiger partial charge < -0.3 is 0 Å². The lowest BCUT2D eigenvalue weighted by atomic mass is 9.75. The van der Waals surface area contributed by atoms with Crippen molar-refractivity contribution in [3.05, 3.63) is 35.2 Å². The normalized spacial score (nSPS) is 20.1. The first-order valence-corrected chi connectivity index (χ1v) is 7.09. The van der Waals surface area contributed by atoms with Gasteiger partial charge in [-0.25, -0.2) is 0 Å². The Hall–Kier alpha value is -0.820. The maximum absolute atomic E-state index is 2.46. The molecule has 0 saturated heterocycles. The smallest absolute Gasteiger partial charge is 0.0345 e. The lowest BCUT2D eigenvalue weighted by Gasteiger charge is -2.32. The molecule has 16 heavy (non-hydrogen) atoms. The molecule has 0 bridgehead atoms. The zero-order valence-corrected chi connectivity index (χ0v) is 10.6. The highest BCUT2D eigenvalue weighted by atomic mass is 32.1. The Morgan fingerprint density at radius 1 is 1.06 bits per heavy atom. The van der Waals surface area contributed by atoms with Gasteiger partial charge in [-0.1, -0.05) is 44.4 Å². The summed E-state index contributed by atoms with van der Waals surface area (Å²) in [5, 5.41) is 1.43. The molecule has 1 heteroatoms. The molecule has 0 radical (unpaired) electrons. The molecule has 0 N–H and O–H groups in total. The van der Waals surface area contributed by atoms with Gasteiger partial charge in [0.2, 0.25) is 0 Å². The molecule has 1 aromatic carbocycles. The van der Waals surface area contributed by atoms with Crippen LogP contribution >= 0.6 is 11.3 Å². The van der Waals surface area contributed by atoms with Crippen LogP contribution in [0.25, 0.3) is 10.1 Å². The van der Waals surface area contributed by atoms with Gasteiger partial charge in [0, 0.05) is 15.0 Å². The second-order valence-electron chi connectivity index (χ2n) is 5.27. The van der Waals surface area contributed by atoms with Crippen LogP contribution in [0.5, 0.6) is 0 Å². The summed E-state index contributed by atoms with van der Waals surface area (Å²) in [6.07, 6.45) is 7.00. The van der Waals surface area contributed by atoms with E-state index in [4.69, 9.17) is 0 Å². The highest BCUT2D eigenvalue weighted by Crippen LogP contribution is 2.43. The largest absolute Gasteiger partial charge is 0.140 e. The van der Waals surface area contributed by atoms with E-state index in [0.717, 1.165) is 0 Å². The van der Waals surface area contributed by atoms with Crippen molar-refractivity contribution in [2.24, 2.45) is 0 Å². The predicted molar refractivity (Wildman–Crippen MR) is 72.3 cm³/mol. The first-order chi connectivity index (χ1) is 7.78. The molecule has 0 spiro atoms. The predicted octanol–water partition coefficient (Wildman–Crippen LogP) is 5.12. The average Bonchev–Trinajstić information content (AvgIpc) is 2.74. The first-order valence-electron chi connectivity index (χ1n) is 6.27. The van der Waals surface area contributed by atoms with Crippen molar-refractivity contribution >= 4 is 21.4 Å². The van der Waals surface area contributed by atoms with Crippen molar-refractivity contribution in [3.63, 3.8) is 0 Å². The van der Waals surface area contributed by atoms with Gasteiger partial charge in [-0.15, -0.1) is 11.3 Å². The molecular weight excluding hydrogens is 212 g/mol. The molecule has 1 heterocycles. The minimum Gasteiger partial charge on any atom is -0.140 e. The van der Waals surface area contributed by atoms with Gasteiger partial charge in [0.15, 0.2) is 0 Å². The molecule has 1 fully saturated rings. The van der Waals surface area contributed by atoms with Crippen molar-refractivity contribution in [2.45, 2.75) is 44.4 Å². The van der Waals surface area contributed by atoms with Gasteiger partial charge in [0.25, 0.3) is 0 Å². The maximum atomic E-state index is 2.46. The summed E-state index contributed by atoms with van der Waals surface area (Å²) < 4.78 is 1.45. The minimum absolute atomic E-state index is 0.460. The zero-order valence-electron chi connectivity index (χ0n) is 9.83. The lowest BCUT2D eigenvalue weighted by molar-refractivity contribution is 0.325. The lowest BCUT2D eigenvalue weighted by Crippen LogP contribution is -2.23. The fraction of sp³-hybridized carbons (Fsp3) is 0.467. The van der Waals surface area contributed by atoms with E-state index in [2.05, 4.69) is 37.3 Å². The maximum Gasteiger partial charge on any atom is 0.0345 e. The van der Waals surface area contributed by atoms with E-state index < -0.39 is 0 Å². The zero-order chi connectivity index (χ0) is 11.0. The summed E-state index contributed by atoms with van der Waals surface area (Å²) in [6, 6.07) is 11.2. The Morgan fingerprint density at radius 3 is 2.56 bits per heavy atom. The van der Waals surface area contributed by atoms with Crippen LogP contribution in [-0.2, 0) is 5.41 Å². The second kappa shape index (κ2) is 3.89. The Kier molecular flexibility index (Phi) is 2.51. The molecule has 0 aliphatic heterocycles. The van der Waals surface area contributed by atoms with E-state index in [-0.39, 0.29) is 0 Å². The molecule has 0 amide bonds. The van der Waals surface area contributed by atoms with Crippen LogP contribution in [0.4, 0.5) is 0 Å². The molecule has 0 nitrogen and oxygen atoms in total. The third-order valence-electron chi connectivity index (χ3n) is 3.98. The van der Waals surface area contributed by atoms with Crippen molar-refractivity contribution in [1.29, 1.82) is 0 Å². The number of hydrogen-bond acceptors (Lipinski definition) is 1. The van der Waals surface area contributed by atoms with Gasteiger partial charge >= 0.3 is 0 Å². The molecule has 1 aliphatic carbocycles. The number of thiophene rings is 1. The SMILES string of the molecule is CC1(c2cc3ccccc3s2)CCCCC1. The molecule has 1 aromatic heterocycles. The second-order valence-corrected chi connectivity index (χ2v) is 6.35. The Labute approximate surface area is 101 Å². The van der Waals surface area contributed by atoms with E-state index in [1.165, 1.54) is 42.2 Å². The third kappa shape index (κ3) is 1.67. The molecule has 2 aromatic rings. The van der Waals surface area contributed by atoms with Crippen molar-refractivity contribution in [2.75, 3.05) is 0 Å². The van der Waals surface area contributed by atoms with Crippen LogP contribution in [0, 0.1) is 0 Å². The van der Waals surface area contributed by atoms with Crippen LogP contribution < -0.4 is 0 Å². The van der Waals surface area contributed by atoms with E-state index >= 15 is 0 Å². The van der Waals surface area contributed by atoms with Crippen molar-refractivity contribution < 1.29 is 0 Å². The van der Waals surface area contributed by atoms with Crippen LogP contribution in [0.3, 0.4) is 0 Å². The molecule has 0 atom stereocenters. The van der Waals surface area contributed by atoms with Crippen molar-refractivity contribution in [1.82, 2.24) is 0 Å². The molecular formula is C15H18S. The Bertz CT molecular complexity index is 456. The van der Waals surface area contributed by atoms with Gasteiger partial charge in [0.05, 0.1) is 0 Å². The Balaban J connectivity index is 2.04. The van der Waals surface area contributed by atoms with E-state index in [0.29, 0.717) is 5.41 Å². The minimum atomic E-state index is 0.460. The summed E-state index contributed by atoms with van der Waals surface area (Å²) in [5.41, 5.74) is 0.460.